The Labute approximate surface area is 118 Å². The fourth-order valence-electron chi connectivity index (χ4n) is 2.41. The van der Waals surface area contributed by atoms with Crippen molar-refractivity contribution in [3.8, 4) is 0 Å². The number of hydrogen-bond donors (Lipinski definition) is 2. The summed E-state index contributed by atoms with van der Waals surface area (Å²) in [7, 11) is 0. The first-order valence-electron chi connectivity index (χ1n) is 6.96. The number of hydrogen-bond acceptors (Lipinski definition) is 4. The predicted molar refractivity (Wildman–Crippen MR) is 77.7 cm³/mol. The first-order valence-corrected chi connectivity index (χ1v) is 7.78. The highest BCUT2D eigenvalue weighted by Crippen LogP contribution is 2.19. The van der Waals surface area contributed by atoms with Gasteiger partial charge in [-0.3, -0.25) is 4.79 Å². The third kappa shape index (κ3) is 3.78. The van der Waals surface area contributed by atoms with Crippen molar-refractivity contribution in [2.24, 2.45) is 0 Å². The van der Waals surface area contributed by atoms with Crippen molar-refractivity contribution in [3.05, 3.63) is 21.9 Å². The molecule has 0 bridgehead atoms. The van der Waals surface area contributed by atoms with Crippen LogP contribution in [0.2, 0.25) is 0 Å². The van der Waals surface area contributed by atoms with Gasteiger partial charge in [0.2, 0.25) is 0 Å². The highest BCUT2D eigenvalue weighted by molar-refractivity contribution is 7.14. The largest absolute Gasteiger partial charge is 0.395 e. The fraction of sp³-hybridized carbons (Fsp3) is 0.643. The average Bonchev–Trinajstić information content (AvgIpc) is 3.08. The van der Waals surface area contributed by atoms with Crippen LogP contribution >= 0.6 is 11.3 Å². The Bertz CT molecular complexity index is 413. The van der Waals surface area contributed by atoms with Crippen LogP contribution in [0, 0.1) is 0 Å². The maximum atomic E-state index is 12.4. The number of nitrogens with one attached hydrogen (secondary N) is 1. The minimum atomic E-state index is 0.0183. The molecule has 0 saturated carbocycles. The molecule has 1 aliphatic heterocycles. The normalized spacial score (nSPS) is 18.7. The molecule has 0 aliphatic carbocycles. The summed E-state index contributed by atoms with van der Waals surface area (Å²) < 4.78 is 0. The van der Waals surface area contributed by atoms with E-state index in [1.54, 1.807) is 16.2 Å². The molecule has 19 heavy (non-hydrogen) atoms. The third-order valence-electron chi connectivity index (χ3n) is 3.48. The summed E-state index contributed by atoms with van der Waals surface area (Å²) in [5.41, 5.74) is 0. The molecule has 1 fully saturated rings. The lowest BCUT2D eigenvalue weighted by atomic mass is 10.2. The summed E-state index contributed by atoms with van der Waals surface area (Å²) >= 11 is 1.56. The maximum absolute atomic E-state index is 12.4. The van der Waals surface area contributed by atoms with Crippen LogP contribution in [0.5, 0.6) is 0 Å². The topological polar surface area (TPSA) is 52.6 Å². The first kappa shape index (κ1) is 14.5. The molecule has 1 saturated heterocycles. The number of aryl methyl sites for hydroxylation is 1. The van der Waals surface area contributed by atoms with Gasteiger partial charge in [0, 0.05) is 24.0 Å². The molecule has 2 N–H and O–H groups in total. The number of amides is 1. The lowest BCUT2D eigenvalue weighted by Gasteiger charge is -2.24. The number of nitrogens with zero attached hydrogens (tertiary/aromatic N) is 1. The summed E-state index contributed by atoms with van der Waals surface area (Å²) in [4.78, 5) is 16.2. The molecule has 0 aromatic carbocycles. The Morgan fingerprint density at radius 1 is 1.58 bits per heavy atom. The Morgan fingerprint density at radius 2 is 2.42 bits per heavy atom. The van der Waals surface area contributed by atoms with E-state index in [0.717, 1.165) is 24.3 Å². The van der Waals surface area contributed by atoms with Crippen LogP contribution in [-0.4, -0.2) is 48.2 Å². The number of rotatable bonds is 6. The van der Waals surface area contributed by atoms with Crippen molar-refractivity contribution in [1.82, 2.24) is 10.2 Å². The van der Waals surface area contributed by atoms with Gasteiger partial charge >= 0.3 is 0 Å². The van der Waals surface area contributed by atoms with E-state index in [4.69, 9.17) is 5.11 Å². The number of thiophene rings is 1. The monoisotopic (exact) mass is 282 g/mol. The quantitative estimate of drug-likeness (QED) is 0.831. The number of carbonyl (C=O) groups excluding carboxylic acids is 1. The van der Waals surface area contributed by atoms with Crippen molar-refractivity contribution in [3.63, 3.8) is 0 Å². The lowest BCUT2D eigenvalue weighted by Crippen LogP contribution is -2.42. The molecule has 4 nitrogen and oxygen atoms in total. The maximum Gasteiger partial charge on any atom is 0.264 e. The van der Waals surface area contributed by atoms with Gasteiger partial charge in [-0.1, -0.05) is 6.92 Å². The van der Waals surface area contributed by atoms with Gasteiger partial charge in [0.15, 0.2) is 0 Å². The zero-order valence-electron chi connectivity index (χ0n) is 11.4. The van der Waals surface area contributed by atoms with E-state index in [9.17, 15) is 4.79 Å². The molecule has 1 atom stereocenters. The number of aliphatic hydroxyl groups excluding tert-OH is 1. The van der Waals surface area contributed by atoms with E-state index in [1.165, 1.54) is 11.3 Å². The van der Waals surface area contributed by atoms with E-state index < -0.39 is 0 Å². The van der Waals surface area contributed by atoms with Crippen molar-refractivity contribution in [1.29, 1.82) is 0 Å². The highest BCUT2D eigenvalue weighted by atomic mass is 32.1. The van der Waals surface area contributed by atoms with Crippen LogP contribution in [0.4, 0.5) is 0 Å². The Morgan fingerprint density at radius 3 is 3.00 bits per heavy atom. The SMILES string of the molecule is CCc1ccc(C(=O)N(CCO)CC2CCCN2)s1. The van der Waals surface area contributed by atoms with E-state index in [1.807, 2.05) is 12.1 Å². The van der Waals surface area contributed by atoms with Gasteiger partial charge in [0.1, 0.15) is 0 Å². The van der Waals surface area contributed by atoms with E-state index in [2.05, 4.69) is 12.2 Å². The van der Waals surface area contributed by atoms with Gasteiger partial charge in [-0.2, -0.15) is 0 Å². The summed E-state index contributed by atoms with van der Waals surface area (Å²) in [6.07, 6.45) is 3.24. The summed E-state index contributed by atoms with van der Waals surface area (Å²) in [5.74, 6) is 0.0486. The summed E-state index contributed by atoms with van der Waals surface area (Å²) in [6.45, 7) is 4.25. The average molecular weight is 282 g/mol. The van der Waals surface area contributed by atoms with Crippen LogP contribution in [0.15, 0.2) is 12.1 Å². The molecule has 0 spiro atoms. The third-order valence-corrected chi connectivity index (χ3v) is 4.70. The van der Waals surface area contributed by atoms with Crippen LogP contribution < -0.4 is 5.32 Å². The second kappa shape index (κ2) is 7.03. The Kier molecular flexibility index (Phi) is 5.36. The molecule has 1 amide bonds. The molecule has 2 heterocycles. The summed E-state index contributed by atoms with van der Waals surface area (Å²) in [6, 6.07) is 4.29. The molecule has 1 aromatic heterocycles. The van der Waals surface area contributed by atoms with Crippen molar-refractivity contribution in [2.75, 3.05) is 26.2 Å². The fourth-order valence-corrected chi connectivity index (χ4v) is 3.33. The van der Waals surface area contributed by atoms with Gasteiger partial charge in [0.05, 0.1) is 11.5 Å². The zero-order chi connectivity index (χ0) is 13.7. The van der Waals surface area contributed by atoms with E-state index in [-0.39, 0.29) is 12.5 Å². The van der Waals surface area contributed by atoms with Gasteiger partial charge in [-0.15, -0.1) is 11.3 Å². The molecule has 2 rings (SSSR count). The van der Waals surface area contributed by atoms with Gasteiger partial charge in [-0.25, -0.2) is 0 Å². The van der Waals surface area contributed by atoms with Gasteiger partial charge in [-0.05, 0) is 37.9 Å². The van der Waals surface area contributed by atoms with Crippen LogP contribution in [0.1, 0.15) is 34.3 Å². The molecule has 1 aromatic rings. The molecule has 1 unspecified atom stereocenters. The van der Waals surface area contributed by atoms with Crippen molar-refractivity contribution >= 4 is 17.2 Å². The van der Waals surface area contributed by atoms with E-state index >= 15 is 0 Å². The second-order valence-corrected chi connectivity index (χ2v) is 6.06. The predicted octanol–water partition coefficient (Wildman–Crippen LogP) is 1.50. The molecule has 5 heteroatoms. The lowest BCUT2D eigenvalue weighted by molar-refractivity contribution is 0.0711. The summed E-state index contributed by atoms with van der Waals surface area (Å²) in [5, 5.41) is 12.5. The van der Waals surface area contributed by atoms with Crippen LogP contribution in [0.3, 0.4) is 0 Å². The van der Waals surface area contributed by atoms with Gasteiger partial charge < -0.3 is 15.3 Å². The standard InChI is InChI=1S/C14H22N2O2S/c1-2-12-5-6-13(19-12)14(18)16(8-9-17)10-11-4-3-7-15-11/h5-6,11,15,17H,2-4,7-10H2,1H3. The Hall–Kier alpha value is -0.910. The zero-order valence-corrected chi connectivity index (χ0v) is 12.2. The van der Waals surface area contributed by atoms with Crippen molar-refractivity contribution in [2.45, 2.75) is 32.2 Å². The van der Waals surface area contributed by atoms with Gasteiger partial charge in [0.25, 0.3) is 5.91 Å². The molecule has 0 radical (unpaired) electrons. The van der Waals surface area contributed by atoms with Crippen LogP contribution in [0.25, 0.3) is 0 Å². The second-order valence-electron chi connectivity index (χ2n) is 4.89. The smallest absolute Gasteiger partial charge is 0.264 e. The molecule has 106 valence electrons. The Balaban J connectivity index is 2.02. The molecule has 1 aliphatic rings. The number of carbonyl (C=O) groups is 1. The first-order chi connectivity index (χ1) is 9.24. The van der Waals surface area contributed by atoms with Crippen LogP contribution in [-0.2, 0) is 6.42 Å². The van der Waals surface area contributed by atoms with E-state index in [0.29, 0.717) is 19.1 Å². The highest BCUT2D eigenvalue weighted by Gasteiger charge is 2.22. The van der Waals surface area contributed by atoms with Crippen molar-refractivity contribution < 1.29 is 9.90 Å². The molecular weight excluding hydrogens is 260 g/mol. The minimum absolute atomic E-state index is 0.0183. The molecular formula is C14H22N2O2S. The minimum Gasteiger partial charge on any atom is -0.395 e. The number of aliphatic hydroxyl groups is 1.